The van der Waals surface area contributed by atoms with Gasteiger partial charge in [-0.25, -0.2) is 0 Å². The van der Waals surface area contributed by atoms with E-state index < -0.39 is 0 Å². The molecular weight excluding hydrogens is 198 g/mol. The summed E-state index contributed by atoms with van der Waals surface area (Å²) in [5, 5.41) is 0. The van der Waals surface area contributed by atoms with Crippen molar-refractivity contribution in [1.29, 1.82) is 0 Å². The van der Waals surface area contributed by atoms with E-state index in [0.717, 1.165) is 25.8 Å². The first-order valence-electron chi connectivity index (χ1n) is 6.22. The van der Waals surface area contributed by atoms with E-state index in [-0.39, 0.29) is 0 Å². The largest absolute Gasteiger partial charge is 0.316 e. The van der Waals surface area contributed by atoms with Crippen molar-refractivity contribution in [3.8, 4) is 0 Å². The maximum absolute atomic E-state index is 12.1. The summed E-state index contributed by atoms with van der Waals surface area (Å²) in [4.78, 5) is 14.2. The Kier molecular flexibility index (Phi) is 2.43. The molecule has 3 rings (SSSR count). The van der Waals surface area contributed by atoms with E-state index in [1.54, 1.807) is 0 Å². The molecule has 2 heteroatoms. The Hall–Kier alpha value is -1.31. The molecule has 0 spiro atoms. The van der Waals surface area contributed by atoms with Crippen molar-refractivity contribution in [1.82, 2.24) is 4.90 Å². The lowest BCUT2D eigenvalue weighted by Crippen LogP contribution is -2.33. The average Bonchev–Trinajstić information content (AvgIpc) is 2.45. The number of allylic oxidation sites excluding steroid dienone is 6. The summed E-state index contributed by atoms with van der Waals surface area (Å²) in [5.41, 5.74) is 2.61. The van der Waals surface area contributed by atoms with Crippen molar-refractivity contribution in [2.75, 3.05) is 6.54 Å². The molecule has 0 aromatic rings. The fourth-order valence-corrected chi connectivity index (χ4v) is 2.86. The van der Waals surface area contributed by atoms with Crippen LogP contribution < -0.4 is 0 Å². The van der Waals surface area contributed by atoms with Crippen LogP contribution in [0.15, 0.2) is 35.6 Å². The Morgan fingerprint density at radius 3 is 3.19 bits per heavy atom. The SMILES string of the molecule is O=C1CC2CC=CC=C2C=C2CCCCN12. The molecule has 1 unspecified atom stereocenters. The van der Waals surface area contributed by atoms with Crippen LogP contribution >= 0.6 is 0 Å². The zero-order valence-corrected chi connectivity index (χ0v) is 9.48. The third-order valence-electron chi connectivity index (χ3n) is 3.78. The number of nitrogens with zero attached hydrogens (tertiary/aromatic N) is 1. The van der Waals surface area contributed by atoms with Crippen molar-refractivity contribution < 1.29 is 4.79 Å². The van der Waals surface area contributed by atoms with E-state index in [2.05, 4.69) is 24.3 Å². The molecule has 3 aliphatic rings. The number of fused-ring (bicyclic) bond motifs is 2. The summed E-state index contributed by atoms with van der Waals surface area (Å²) in [7, 11) is 0. The quantitative estimate of drug-likeness (QED) is 0.608. The van der Waals surface area contributed by atoms with Crippen LogP contribution in [0, 0.1) is 5.92 Å². The smallest absolute Gasteiger partial charge is 0.227 e. The molecule has 84 valence electrons. The Labute approximate surface area is 96.3 Å². The standard InChI is InChI=1S/C14H17NO/c16-14-10-12-6-2-1-5-11(12)9-13-7-3-4-8-15(13)14/h1-2,5,9,12H,3-4,6-8,10H2. The molecule has 2 heterocycles. The van der Waals surface area contributed by atoms with Gasteiger partial charge in [0.05, 0.1) is 0 Å². The van der Waals surface area contributed by atoms with Gasteiger partial charge >= 0.3 is 0 Å². The highest BCUT2D eigenvalue weighted by atomic mass is 16.2. The highest BCUT2D eigenvalue weighted by Gasteiger charge is 2.29. The van der Waals surface area contributed by atoms with Crippen molar-refractivity contribution in [3.05, 3.63) is 35.6 Å². The van der Waals surface area contributed by atoms with Gasteiger partial charge in [-0.1, -0.05) is 18.2 Å². The lowest BCUT2D eigenvalue weighted by molar-refractivity contribution is -0.130. The van der Waals surface area contributed by atoms with Crippen molar-refractivity contribution in [2.24, 2.45) is 5.92 Å². The van der Waals surface area contributed by atoms with Gasteiger partial charge in [-0.3, -0.25) is 4.79 Å². The molecule has 2 aliphatic heterocycles. The van der Waals surface area contributed by atoms with Gasteiger partial charge in [-0.2, -0.15) is 0 Å². The van der Waals surface area contributed by atoms with Crippen molar-refractivity contribution in [2.45, 2.75) is 32.1 Å². The molecule has 1 atom stereocenters. The van der Waals surface area contributed by atoms with Crippen molar-refractivity contribution in [3.63, 3.8) is 0 Å². The number of hydrogen-bond donors (Lipinski definition) is 0. The van der Waals surface area contributed by atoms with Gasteiger partial charge in [-0.05, 0) is 43.3 Å². The molecule has 0 bridgehead atoms. The minimum Gasteiger partial charge on any atom is -0.316 e. The minimum atomic E-state index is 0.328. The van der Waals surface area contributed by atoms with Crippen LogP contribution in [0.25, 0.3) is 0 Å². The Bertz CT molecular complexity index is 403. The van der Waals surface area contributed by atoms with E-state index >= 15 is 0 Å². The van der Waals surface area contributed by atoms with E-state index in [0.29, 0.717) is 18.2 Å². The summed E-state index contributed by atoms with van der Waals surface area (Å²) in [6.45, 7) is 0.929. The zero-order valence-electron chi connectivity index (χ0n) is 9.48. The van der Waals surface area contributed by atoms with Crippen molar-refractivity contribution >= 4 is 5.91 Å². The molecule has 2 nitrogen and oxygen atoms in total. The Morgan fingerprint density at radius 2 is 2.25 bits per heavy atom. The second-order valence-corrected chi connectivity index (χ2v) is 4.87. The molecule has 0 aromatic heterocycles. The van der Waals surface area contributed by atoms with Crippen LogP contribution in [0.3, 0.4) is 0 Å². The number of carbonyl (C=O) groups is 1. The summed E-state index contributed by atoms with van der Waals surface area (Å²) in [6.07, 6.45) is 13.9. The van der Waals surface area contributed by atoms with Crippen LogP contribution in [0.1, 0.15) is 32.1 Å². The second kappa shape index (κ2) is 3.93. The Morgan fingerprint density at radius 1 is 1.31 bits per heavy atom. The van der Waals surface area contributed by atoms with Gasteiger partial charge in [0.1, 0.15) is 0 Å². The Balaban J connectivity index is 1.98. The minimum absolute atomic E-state index is 0.328. The summed E-state index contributed by atoms with van der Waals surface area (Å²) in [6, 6.07) is 0. The molecule has 1 fully saturated rings. The monoisotopic (exact) mass is 215 g/mol. The zero-order chi connectivity index (χ0) is 11.0. The maximum atomic E-state index is 12.1. The number of amides is 1. The highest BCUT2D eigenvalue weighted by Crippen LogP contribution is 2.33. The van der Waals surface area contributed by atoms with Crippen LogP contribution in [-0.2, 0) is 4.79 Å². The number of piperidine rings is 1. The van der Waals surface area contributed by atoms with Gasteiger partial charge in [-0.15, -0.1) is 0 Å². The molecule has 0 N–H and O–H groups in total. The predicted octanol–water partition coefficient (Wildman–Crippen LogP) is 2.79. The van der Waals surface area contributed by atoms with Gasteiger partial charge < -0.3 is 4.90 Å². The summed E-state index contributed by atoms with van der Waals surface area (Å²) >= 11 is 0. The molecule has 0 saturated carbocycles. The van der Waals surface area contributed by atoms with Gasteiger partial charge in [0.25, 0.3) is 0 Å². The molecule has 16 heavy (non-hydrogen) atoms. The number of hydrogen-bond acceptors (Lipinski definition) is 1. The van der Waals surface area contributed by atoms with E-state index in [9.17, 15) is 4.79 Å². The van der Waals surface area contributed by atoms with Gasteiger partial charge in [0.15, 0.2) is 0 Å². The van der Waals surface area contributed by atoms with Gasteiger partial charge in [0, 0.05) is 18.7 Å². The molecular formula is C14H17NO. The number of carbonyl (C=O) groups excluding carboxylic acids is 1. The van der Waals surface area contributed by atoms with Gasteiger partial charge in [0.2, 0.25) is 5.91 Å². The maximum Gasteiger partial charge on any atom is 0.227 e. The fraction of sp³-hybridized carbons (Fsp3) is 0.500. The first kappa shape index (κ1) is 9.88. The highest BCUT2D eigenvalue weighted by molar-refractivity contribution is 5.80. The predicted molar refractivity (Wildman–Crippen MR) is 63.6 cm³/mol. The first-order valence-corrected chi connectivity index (χ1v) is 6.22. The lowest BCUT2D eigenvalue weighted by atomic mass is 9.89. The number of rotatable bonds is 0. The molecule has 1 aliphatic carbocycles. The molecule has 1 saturated heterocycles. The van der Waals surface area contributed by atoms with E-state index in [1.807, 2.05) is 4.90 Å². The normalized spacial score (nSPS) is 28.9. The third kappa shape index (κ3) is 1.62. The van der Waals surface area contributed by atoms with Crippen LogP contribution in [0.2, 0.25) is 0 Å². The van der Waals surface area contributed by atoms with E-state index in [4.69, 9.17) is 0 Å². The third-order valence-corrected chi connectivity index (χ3v) is 3.78. The van der Waals surface area contributed by atoms with Crippen LogP contribution in [0.4, 0.5) is 0 Å². The lowest BCUT2D eigenvalue weighted by Gasteiger charge is -2.28. The average molecular weight is 215 g/mol. The fourth-order valence-electron chi connectivity index (χ4n) is 2.86. The first-order chi connectivity index (χ1) is 7.84. The summed E-state index contributed by atoms with van der Waals surface area (Å²) in [5.74, 6) is 0.755. The second-order valence-electron chi connectivity index (χ2n) is 4.87. The van der Waals surface area contributed by atoms with Crippen LogP contribution in [0.5, 0.6) is 0 Å². The van der Waals surface area contributed by atoms with Crippen LogP contribution in [-0.4, -0.2) is 17.4 Å². The van der Waals surface area contributed by atoms with E-state index in [1.165, 1.54) is 17.7 Å². The molecule has 0 aromatic carbocycles. The topological polar surface area (TPSA) is 20.3 Å². The molecule has 1 amide bonds. The summed E-state index contributed by atoms with van der Waals surface area (Å²) < 4.78 is 0. The molecule has 0 radical (unpaired) electrons.